The fourth-order valence-electron chi connectivity index (χ4n) is 3.24. The molecule has 0 bridgehead atoms. The summed E-state index contributed by atoms with van der Waals surface area (Å²) >= 11 is 0. The first kappa shape index (κ1) is 17.0. The number of hydrogen-bond acceptors (Lipinski definition) is 1. The summed E-state index contributed by atoms with van der Waals surface area (Å²) < 4.78 is 0. The van der Waals surface area contributed by atoms with Gasteiger partial charge in [0.1, 0.15) is 0 Å². The number of fused-ring (bicyclic) bond motifs is 1. The molecule has 0 aliphatic carbocycles. The lowest BCUT2D eigenvalue weighted by atomic mass is 10.0. The Hall–Kier alpha value is -3.39. The molecule has 0 aliphatic rings. The predicted molar refractivity (Wildman–Crippen MR) is 113 cm³/mol. The summed E-state index contributed by atoms with van der Waals surface area (Å²) in [4.78, 5) is 12.3. The maximum atomic E-state index is 12.3. The summed E-state index contributed by atoms with van der Waals surface area (Å²) in [5.41, 5.74) is 4.42. The van der Waals surface area contributed by atoms with E-state index in [1.54, 1.807) is 0 Å². The second-order valence-corrected chi connectivity index (χ2v) is 6.67. The number of carbonyl (C=O) groups excluding carboxylic acids is 1. The summed E-state index contributed by atoms with van der Waals surface area (Å²) in [6, 6.07) is 32.9. The van der Waals surface area contributed by atoms with Crippen molar-refractivity contribution in [2.45, 2.75) is 12.8 Å². The average molecular weight is 351 g/mol. The molecule has 0 aromatic heterocycles. The van der Waals surface area contributed by atoms with Gasteiger partial charge in [-0.3, -0.25) is 4.79 Å². The third-order valence-corrected chi connectivity index (χ3v) is 4.74. The van der Waals surface area contributed by atoms with Crippen LogP contribution in [0.4, 0.5) is 5.69 Å². The minimum absolute atomic E-state index is 0.0393. The fourth-order valence-corrected chi connectivity index (χ4v) is 3.24. The number of rotatable bonds is 5. The SMILES string of the molecule is O=C(CCc1ccc(-c2ccccc2)cc1)Nc1ccc2ccccc2c1. The normalized spacial score (nSPS) is 10.7. The van der Waals surface area contributed by atoms with E-state index in [0.717, 1.165) is 17.5 Å². The average Bonchev–Trinajstić information content (AvgIpc) is 2.73. The molecular weight excluding hydrogens is 330 g/mol. The van der Waals surface area contributed by atoms with E-state index >= 15 is 0 Å². The molecule has 2 nitrogen and oxygen atoms in total. The predicted octanol–water partition coefficient (Wildman–Crippen LogP) is 6.08. The third kappa shape index (κ3) is 4.24. The first-order chi connectivity index (χ1) is 13.3. The maximum absolute atomic E-state index is 12.3. The van der Waals surface area contributed by atoms with Crippen LogP contribution in [0.15, 0.2) is 97.1 Å². The molecule has 0 saturated carbocycles. The number of amides is 1. The molecule has 0 fully saturated rings. The summed E-state index contributed by atoms with van der Waals surface area (Å²) in [6.07, 6.45) is 1.20. The fraction of sp³-hybridized carbons (Fsp3) is 0.0800. The lowest BCUT2D eigenvalue weighted by molar-refractivity contribution is -0.116. The van der Waals surface area contributed by atoms with Gasteiger partial charge in [0.2, 0.25) is 5.91 Å². The van der Waals surface area contributed by atoms with Gasteiger partial charge in [-0.25, -0.2) is 0 Å². The Morgan fingerprint density at radius 3 is 2.11 bits per heavy atom. The van der Waals surface area contributed by atoms with Crippen LogP contribution < -0.4 is 5.32 Å². The van der Waals surface area contributed by atoms with Gasteiger partial charge in [0.15, 0.2) is 0 Å². The highest BCUT2D eigenvalue weighted by atomic mass is 16.1. The zero-order valence-electron chi connectivity index (χ0n) is 15.1. The van der Waals surface area contributed by atoms with E-state index < -0.39 is 0 Å². The second-order valence-electron chi connectivity index (χ2n) is 6.67. The molecule has 27 heavy (non-hydrogen) atoms. The zero-order valence-corrected chi connectivity index (χ0v) is 15.1. The second kappa shape index (κ2) is 7.88. The number of aryl methyl sites for hydroxylation is 1. The molecule has 0 heterocycles. The van der Waals surface area contributed by atoms with E-state index in [4.69, 9.17) is 0 Å². The van der Waals surface area contributed by atoms with Crippen LogP contribution in [0.5, 0.6) is 0 Å². The van der Waals surface area contributed by atoms with Gasteiger partial charge < -0.3 is 5.32 Å². The minimum atomic E-state index is 0.0393. The Bertz CT molecular complexity index is 1050. The summed E-state index contributed by atoms with van der Waals surface area (Å²) in [6.45, 7) is 0. The summed E-state index contributed by atoms with van der Waals surface area (Å²) in [5, 5.41) is 5.31. The van der Waals surface area contributed by atoms with Crippen LogP contribution in [0, 0.1) is 0 Å². The van der Waals surface area contributed by atoms with Gasteiger partial charge >= 0.3 is 0 Å². The first-order valence-electron chi connectivity index (χ1n) is 9.21. The van der Waals surface area contributed by atoms with Crippen molar-refractivity contribution in [3.63, 3.8) is 0 Å². The Kier molecular flexibility index (Phi) is 4.97. The van der Waals surface area contributed by atoms with Gasteiger partial charge in [-0.15, -0.1) is 0 Å². The van der Waals surface area contributed by atoms with Gasteiger partial charge in [-0.1, -0.05) is 84.9 Å². The molecule has 2 heteroatoms. The van der Waals surface area contributed by atoms with Crippen molar-refractivity contribution in [1.29, 1.82) is 0 Å². The smallest absolute Gasteiger partial charge is 0.224 e. The van der Waals surface area contributed by atoms with Crippen LogP contribution in [0.1, 0.15) is 12.0 Å². The minimum Gasteiger partial charge on any atom is -0.326 e. The van der Waals surface area contributed by atoms with Gasteiger partial charge in [0.25, 0.3) is 0 Å². The van der Waals surface area contributed by atoms with Gasteiger partial charge in [0.05, 0.1) is 0 Å². The molecule has 0 unspecified atom stereocenters. The van der Waals surface area contributed by atoms with Crippen molar-refractivity contribution in [3.05, 3.63) is 103 Å². The monoisotopic (exact) mass is 351 g/mol. The number of carbonyl (C=O) groups is 1. The highest BCUT2D eigenvalue weighted by Crippen LogP contribution is 2.21. The molecule has 4 rings (SSSR count). The number of hydrogen-bond donors (Lipinski definition) is 1. The van der Waals surface area contributed by atoms with Gasteiger partial charge in [-0.05, 0) is 46.0 Å². The van der Waals surface area contributed by atoms with E-state index in [9.17, 15) is 4.79 Å². The quantitative estimate of drug-likeness (QED) is 0.464. The molecule has 132 valence electrons. The molecule has 1 amide bonds. The van der Waals surface area contributed by atoms with Crippen LogP contribution in [-0.2, 0) is 11.2 Å². The molecule has 0 aliphatic heterocycles. The van der Waals surface area contributed by atoms with E-state index in [-0.39, 0.29) is 5.91 Å². The van der Waals surface area contributed by atoms with E-state index in [2.05, 4.69) is 53.8 Å². The summed E-state index contributed by atoms with van der Waals surface area (Å²) in [5.74, 6) is 0.0393. The largest absolute Gasteiger partial charge is 0.326 e. The van der Waals surface area contributed by atoms with Crippen LogP contribution in [0.2, 0.25) is 0 Å². The van der Waals surface area contributed by atoms with Crippen LogP contribution in [0.25, 0.3) is 21.9 Å². The van der Waals surface area contributed by atoms with Gasteiger partial charge in [-0.2, -0.15) is 0 Å². The summed E-state index contributed by atoms with van der Waals surface area (Å²) in [7, 11) is 0. The van der Waals surface area contributed by atoms with Gasteiger partial charge in [0, 0.05) is 12.1 Å². The molecule has 4 aromatic carbocycles. The van der Waals surface area contributed by atoms with Crippen LogP contribution >= 0.6 is 0 Å². The third-order valence-electron chi connectivity index (χ3n) is 4.74. The van der Waals surface area contributed by atoms with Crippen LogP contribution in [-0.4, -0.2) is 5.91 Å². The van der Waals surface area contributed by atoms with Crippen molar-refractivity contribution in [2.24, 2.45) is 0 Å². The highest BCUT2D eigenvalue weighted by Gasteiger charge is 2.05. The number of anilines is 1. The van der Waals surface area contributed by atoms with E-state index in [1.807, 2.05) is 48.5 Å². The Morgan fingerprint density at radius 2 is 1.33 bits per heavy atom. The van der Waals surface area contributed by atoms with E-state index in [0.29, 0.717) is 6.42 Å². The Labute approximate surface area is 159 Å². The van der Waals surface area contributed by atoms with Crippen molar-refractivity contribution in [3.8, 4) is 11.1 Å². The van der Waals surface area contributed by atoms with Crippen molar-refractivity contribution >= 4 is 22.4 Å². The first-order valence-corrected chi connectivity index (χ1v) is 9.21. The standard InChI is InChI=1S/C25H21NO/c27-25(26-24-16-15-21-8-4-5-9-23(21)18-24)17-12-19-10-13-22(14-11-19)20-6-2-1-3-7-20/h1-11,13-16,18H,12,17H2,(H,26,27). The molecular formula is C25H21NO. The molecule has 4 aromatic rings. The van der Waals surface area contributed by atoms with E-state index in [1.165, 1.54) is 22.1 Å². The lowest BCUT2D eigenvalue weighted by Crippen LogP contribution is -2.12. The molecule has 0 radical (unpaired) electrons. The maximum Gasteiger partial charge on any atom is 0.224 e. The highest BCUT2D eigenvalue weighted by molar-refractivity contribution is 5.94. The molecule has 0 atom stereocenters. The zero-order chi connectivity index (χ0) is 18.5. The number of benzene rings is 4. The van der Waals surface area contributed by atoms with Crippen molar-refractivity contribution in [2.75, 3.05) is 5.32 Å². The molecule has 0 spiro atoms. The van der Waals surface area contributed by atoms with Crippen molar-refractivity contribution < 1.29 is 4.79 Å². The number of nitrogens with one attached hydrogen (secondary N) is 1. The molecule has 1 N–H and O–H groups in total. The van der Waals surface area contributed by atoms with Crippen molar-refractivity contribution in [1.82, 2.24) is 0 Å². The van der Waals surface area contributed by atoms with Crippen LogP contribution in [0.3, 0.4) is 0 Å². The molecule has 0 saturated heterocycles. The Morgan fingerprint density at radius 1 is 0.667 bits per heavy atom. The Balaban J connectivity index is 1.36. The lowest BCUT2D eigenvalue weighted by Gasteiger charge is -2.07. The topological polar surface area (TPSA) is 29.1 Å².